The molecule has 0 spiro atoms. The number of carbonyl (C=O) groups excluding carboxylic acids is 1. The molecule has 0 amide bonds. The summed E-state index contributed by atoms with van der Waals surface area (Å²) >= 11 is 6.75. The lowest BCUT2D eigenvalue weighted by Gasteiger charge is -2.17. The quantitative estimate of drug-likeness (QED) is 0.705. The number of halogens is 2. The summed E-state index contributed by atoms with van der Waals surface area (Å²) in [5, 5.41) is 0. The van der Waals surface area contributed by atoms with Crippen LogP contribution in [0.15, 0.2) is 0 Å². The molecule has 0 saturated carbocycles. The third kappa shape index (κ3) is 4.26. The second-order valence-electron chi connectivity index (χ2n) is 2.63. The fraction of sp³-hybridized carbons (Fsp3) is 0.875. The van der Waals surface area contributed by atoms with Crippen LogP contribution in [-0.2, 0) is 4.79 Å². The third-order valence-corrected chi connectivity index (χ3v) is 3.13. The predicted molar refractivity (Wildman–Crippen MR) is 55.4 cm³/mol. The van der Waals surface area contributed by atoms with Crippen LogP contribution in [0.5, 0.6) is 0 Å². The molecule has 0 aromatic rings. The SMILES string of the molecule is CCCC(=O)C(Br)(Br)CCC. The zero-order valence-electron chi connectivity index (χ0n) is 6.99. The molecule has 11 heavy (non-hydrogen) atoms. The second-order valence-corrected chi connectivity index (χ2v) is 6.40. The summed E-state index contributed by atoms with van der Waals surface area (Å²) in [5.41, 5.74) is 0. The molecule has 3 heteroatoms. The molecule has 1 nitrogen and oxygen atoms in total. The van der Waals surface area contributed by atoms with E-state index in [1.165, 1.54) is 0 Å². The molecule has 0 fully saturated rings. The Bertz CT molecular complexity index is 132. The summed E-state index contributed by atoms with van der Waals surface area (Å²) in [6.45, 7) is 4.08. The van der Waals surface area contributed by atoms with E-state index in [9.17, 15) is 4.79 Å². The third-order valence-electron chi connectivity index (χ3n) is 1.45. The fourth-order valence-corrected chi connectivity index (χ4v) is 2.05. The van der Waals surface area contributed by atoms with E-state index in [2.05, 4.69) is 38.8 Å². The van der Waals surface area contributed by atoms with E-state index in [0.29, 0.717) is 6.42 Å². The van der Waals surface area contributed by atoms with E-state index in [1.807, 2.05) is 6.92 Å². The van der Waals surface area contributed by atoms with Gasteiger partial charge in [-0.2, -0.15) is 0 Å². The Morgan fingerprint density at radius 2 is 1.82 bits per heavy atom. The lowest BCUT2D eigenvalue weighted by molar-refractivity contribution is -0.119. The molecular formula is C8H14Br2O. The van der Waals surface area contributed by atoms with E-state index in [0.717, 1.165) is 19.3 Å². The highest BCUT2D eigenvalue weighted by Crippen LogP contribution is 2.33. The minimum Gasteiger partial charge on any atom is -0.297 e. The van der Waals surface area contributed by atoms with Crippen LogP contribution in [0.25, 0.3) is 0 Å². The first-order valence-corrected chi connectivity index (χ1v) is 5.54. The van der Waals surface area contributed by atoms with Crippen LogP contribution in [0.4, 0.5) is 0 Å². The van der Waals surface area contributed by atoms with Crippen LogP contribution < -0.4 is 0 Å². The van der Waals surface area contributed by atoms with Gasteiger partial charge in [0, 0.05) is 6.42 Å². The Kier molecular flexibility index (Phi) is 5.61. The first-order valence-electron chi connectivity index (χ1n) is 3.95. The highest BCUT2D eigenvalue weighted by molar-refractivity contribution is 9.25. The number of carbonyl (C=O) groups is 1. The van der Waals surface area contributed by atoms with Gasteiger partial charge in [0.15, 0.2) is 5.78 Å². The van der Waals surface area contributed by atoms with Gasteiger partial charge in [0.1, 0.15) is 3.23 Å². The van der Waals surface area contributed by atoms with Crippen molar-refractivity contribution in [2.45, 2.75) is 42.8 Å². The minimum atomic E-state index is -0.454. The molecule has 0 aromatic carbocycles. The highest BCUT2D eigenvalue weighted by atomic mass is 79.9. The van der Waals surface area contributed by atoms with Crippen molar-refractivity contribution in [3.8, 4) is 0 Å². The van der Waals surface area contributed by atoms with Crippen molar-refractivity contribution in [3.05, 3.63) is 0 Å². The number of ketones is 1. The van der Waals surface area contributed by atoms with Crippen molar-refractivity contribution in [2.24, 2.45) is 0 Å². The van der Waals surface area contributed by atoms with Crippen LogP contribution in [-0.4, -0.2) is 9.02 Å². The van der Waals surface area contributed by atoms with Gasteiger partial charge in [-0.05, 0) is 12.8 Å². The van der Waals surface area contributed by atoms with Gasteiger partial charge in [0.25, 0.3) is 0 Å². The Morgan fingerprint density at radius 1 is 1.27 bits per heavy atom. The van der Waals surface area contributed by atoms with Gasteiger partial charge < -0.3 is 0 Å². The molecule has 0 aliphatic heterocycles. The number of rotatable bonds is 5. The summed E-state index contributed by atoms with van der Waals surface area (Å²) < 4.78 is -0.454. The molecule has 0 unspecified atom stereocenters. The maximum atomic E-state index is 11.4. The number of hydrogen-bond donors (Lipinski definition) is 0. The molecule has 0 bridgehead atoms. The fourth-order valence-electron chi connectivity index (χ4n) is 0.863. The standard InChI is InChI=1S/C8H14Br2O/c1-3-5-7(11)8(9,10)6-4-2/h3-6H2,1-2H3. The summed E-state index contributed by atoms with van der Waals surface area (Å²) in [4.78, 5) is 11.4. The van der Waals surface area contributed by atoms with Crippen molar-refractivity contribution < 1.29 is 4.79 Å². The van der Waals surface area contributed by atoms with Gasteiger partial charge in [0.05, 0.1) is 0 Å². The summed E-state index contributed by atoms with van der Waals surface area (Å²) in [5.74, 6) is 0.252. The van der Waals surface area contributed by atoms with E-state index in [4.69, 9.17) is 0 Å². The Morgan fingerprint density at radius 3 is 2.18 bits per heavy atom. The zero-order chi connectivity index (χ0) is 8.91. The monoisotopic (exact) mass is 284 g/mol. The Hall–Kier alpha value is 0.630. The van der Waals surface area contributed by atoms with E-state index < -0.39 is 3.23 Å². The Balaban J connectivity index is 3.94. The van der Waals surface area contributed by atoms with E-state index in [1.54, 1.807) is 0 Å². The average Bonchev–Trinajstić information content (AvgIpc) is 1.88. The summed E-state index contributed by atoms with van der Waals surface area (Å²) in [6, 6.07) is 0. The second kappa shape index (κ2) is 5.31. The summed E-state index contributed by atoms with van der Waals surface area (Å²) in [6.07, 6.45) is 3.43. The normalized spacial score (nSPS) is 11.6. The maximum Gasteiger partial charge on any atom is 0.160 e. The molecule has 0 aliphatic rings. The lowest BCUT2D eigenvalue weighted by atomic mass is 10.1. The van der Waals surface area contributed by atoms with Gasteiger partial charge in [0.2, 0.25) is 0 Å². The van der Waals surface area contributed by atoms with Crippen LogP contribution >= 0.6 is 31.9 Å². The molecule has 0 aromatic heterocycles. The van der Waals surface area contributed by atoms with Crippen molar-refractivity contribution in [3.63, 3.8) is 0 Å². The van der Waals surface area contributed by atoms with Gasteiger partial charge in [-0.15, -0.1) is 0 Å². The van der Waals surface area contributed by atoms with Crippen molar-refractivity contribution in [1.82, 2.24) is 0 Å². The first kappa shape index (κ1) is 11.6. The van der Waals surface area contributed by atoms with Crippen molar-refractivity contribution in [1.29, 1.82) is 0 Å². The average molecular weight is 286 g/mol. The molecule has 0 radical (unpaired) electrons. The van der Waals surface area contributed by atoms with Crippen LogP contribution in [0.2, 0.25) is 0 Å². The van der Waals surface area contributed by atoms with Crippen LogP contribution in [0.1, 0.15) is 39.5 Å². The minimum absolute atomic E-state index is 0.252. The van der Waals surface area contributed by atoms with Gasteiger partial charge in [-0.3, -0.25) is 4.79 Å². The number of hydrogen-bond acceptors (Lipinski definition) is 1. The molecule has 0 aliphatic carbocycles. The molecule has 0 heterocycles. The van der Waals surface area contributed by atoms with Crippen molar-refractivity contribution >= 4 is 37.6 Å². The maximum absolute atomic E-state index is 11.4. The topological polar surface area (TPSA) is 17.1 Å². The molecule has 0 atom stereocenters. The van der Waals surface area contributed by atoms with Gasteiger partial charge >= 0.3 is 0 Å². The smallest absolute Gasteiger partial charge is 0.160 e. The van der Waals surface area contributed by atoms with Crippen LogP contribution in [0.3, 0.4) is 0 Å². The van der Waals surface area contributed by atoms with Crippen molar-refractivity contribution in [2.75, 3.05) is 0 Å². The van der Waals surface area contributed by atoms with E-state index in [-0.39, 0.29) is 5.78 Å². The highest BCUT2D eigenvalue weighted by Gasteiger charge is 2.29. The largest absolute Gasteiger partial charge is 0.297 e. The molecule has 0 rings (SSSR count). The number of Topliss-reactive ketones (excluding diaryl/α,β-unsaturated/α-hetero) is 1. The van der Waals surface area contributed by atoms with Crippen LogP contribution in [0, 0.1) is 0 Å². The molecular weight excluding hydrogens is 272 g/mol. The van der Waals surface area contributed by atoms with Gasteiger partial charge in [-0.25, -0.2) is 0 Å². The Labute approximate surface area is 85.2 Å². The summed E-state index contributed by atoms with van der Waals surface area (Å²) in [7, 11) is 0. The molecule has 66 valence electrons. The van der Waals surface area contributed by atoms with Gasteiger partial charge in [-0.1, -0.05) is 52.1 Å². The number of alkyl halides is 2. The molecule has 0 N–H and O–H groups in total. The molecule has 0 saturated heterocycles. The zero-order valence-corrected chi connectivity index (χ0v) is 10.2. The predicted octanol–water partition coefficient (Wildman–Crippen LogP) is 3.64. The van der Waals surface area contributed by atoms with E-state index >= 15 is 0 Å². The lowest BCUT2D eigenvalue weighted by Crippen LogP contribution is -2.23. The first-order chi connectivity index (χ1) is 5.04.